The first-order valence-electron chi connectivity index (χ1n) is 7.36. The maximum Gasteiger partial charge on any atom is 0.137 e. The van der Waals surface area contributed by atoms with Crippen LogP contribution in [0.1, 0.15) is 44.1 Å². The minimum atomic E-state index is -0.246. The minimum absolute atomic E-state index is 0.0888. The van der Waals surface area contributed by atoms with Crippen molar-refractivity contribution in [3.8, 4) is 0 Å². The Morgan fingerprint density at radius 2 is 2.14 bits per heavy atom. The van der Waals surface area contributed by atoms with Crippen molar-refractivity contribution < 1.29 is 4.39 Å². The lowest BCUT2D eigenvalue weighted by molar-refractivity contribution is 0.526. The maximum absolute atomic E-state index is 13.9. The summed E-state index contributed by atoms with van der Waals surface area (Å²) in [5.74, 6) is 0.691. The number of halogens is 2. The summed E-state index contributed by atoms with van der Waals surface area (Å²) in [5, 5.41) is 3.47. The highest BCUT2D eigenvalue weighted by Gasteiger charge is 2.19. The fraction of sp³-hybridized carbons (Fsp3) is 0.438. The molecule has 1 aromatic heterocycles. The molecule has 0 fully saturated rings. The highest BCUT2D eigenvalue weighted by Crippen LogP contribution is 2.25. The molecule has 2 aromatic rings. The molecule has 0 saturated carbocycles. The van der Waals surface area contributed by atoms with Crippen LogP contribution in [-0.2, 0) is 6.54 Å². The number of nitrogens with one attached hydrogen (secondary N) is 1. The van der Waals surface area contributed by atoms with Gasteiger partial charge in [-0.25, -0.2) is 9.37 Å². The van der Waals surface area contributed by atoms with Gasteiger partial charge in [0.05, 0.1) is 10.5 Å². The van der Waals surface area contributed by atoms with Crippen LogP contribution in [0.15, 0.2) is 35.1 Å². The van der Waals surface area contributed by atoms with Gasteiger partial charge in [0.1, 0.15) is 11.6 Å². The van der Waals surface area contributed by atoms with Crippen molar-refractivity contribution in [1.82, 2.24) is 14.9 Å². The highest BCUT2D eigenvalue weighted by molar-refractivity contribution is 9.10. The van der Waals surface area contributed by atoms with Crippen LogP contribution < -0.4 is 5.32 Å². The van der Waals surface area contributed by atoms with Crippen molar-refractivity contribution in [3.63, 3.8) is 0 Å². The Morgan fingerprint density at radius 3 is 2.81 bits per heavy atom. The lowest BCUT2D eigenvalue weighted by Gasteiger charge is -2.20. The molecule has 0 aliphatic heterocycles. The monoisotopic (exact) mass is 353 g/mol. The molecule has 0 aliphatic carbocycles. The van der Waals surface area contributed by atoms with Crippen molar-refractivity contribution in [2.75, 3.05) is 6.54 Å². The SMILES string of the molecule is CCCNC(c1ccc(Br)c(F)c1)c1nccn1CCC. The number of aromatic nitrogens is 2. The van der Waals surface area contributed by atoms with E-state index in [2.05, 4.69) is 44.6 Å². The summed E-state index contributed by atoms with van der Waals surface area (Å²) in [6.45, 7) is 6.03. The minimum Gasteiger partial charge on any atom is -0.333 e. The number of benzene rings is 1. The summed E-state index contributed by atoms with van der Waals surface area (Å²) in [6, 6.07) is 5.17. The molecule has 114 valence electrons. The average Bonchev–Trinajstić information content (AvgIpc) is 2.92. The van der Waals surface area contributed by atoms with Gasteiger partial charge in [-0.1, -0.05) is 19.9 Å². The van der Waals surface area contributed by atoms with Gasteiger partial charge in [0.15, 0.2) is 0 Å². The fourth-order valence-corrected chi connectivity index (χ4v) is 2.60. The zero-order valence-corrected chi connectivity index (χ0v) is 14.0. The fourth-order valence-electron chi connectivity index (χ4n) is 2.35. The van der Waals surface area contributed by atoms with E-state index in [-0.39, 0.29) is 11.9 Å². The van der Waals surface area contributed by atoms with Gasteiger partial charge in [-0.3, -0.25) is 0 Å². The average molecular weight is 354 g/mol. The van der Waals surface area contributed by atoms with E-state index < -0.39 is 0 Å². The molecule has 3 nitrogen and oxygen atoms in total. The molecule has 1 unspecified atom stereocenters. The molecule has 1 atom stereocenters. The maximum atomic E-state index is 13.9. The summed E-state index contributed by atoms with van der Waals surface area (Å²) in [4.78, 5) is 4.48. The molecule has 0 amide bonds. The molecule has 1 N–H and O–H groups in total. The molecule has 2 rings (SSSR count). The molecular weight excluding hydrogens is 333 g/mol. The molecular formula is C16H21BrFN3. The number of nitrogens with zero attached hydrogens (tertiary/aromatic N) is 2. The smallest absolute Gasteiger partial charge is 0.137 e. The van der Waals surface area contributed by atoms with Crippen LogP contribution in [0.2, 0.25) is 0 Å². The summed E-state index contributed by atoms with van der Waals surface area (Å²) in [7, 11) is 0. The van der Waals surface area contributed by atoms with Gasteiger partial charge in [0.2, 0.25) is 0 Å². The summed E-state index contributed by atoms with van der Waals surface area (Å²) < 4.78 is 16.5. The Balaban J connectivity index is 2.37. The second-order valence-corrected chi connectivity index (χ2v) is 5.89. The van der Waals surface area contributed by atoms with E-state index in [1.165, 1.54) is 0 Å². The van der Waals surface area contributed by atoms with Crippen molar-refractivity contribution in [2.45, 2.75) is 39.3 Å². The summed E-state index contributed by atoms with van der Waals surface area (Å²) in [6.07, 6.45) is 5.85. The van der Waals surface area contributed by atoms with Crippen molar-refractivity contribution in [2.24, 2.45) is 0 Å². The van der Waals surface area contributed by atoms with Gasteiger partial charge in [0, 0.05) is 18.9 Å². The number of rotatable bonds is 7. The van der Waals surface area contributed by atoms with Crippen LogP contribution in [0.4, 0.5) is 4.39 Å². The Hall–Kier alpha value is -1.20. The third kappa shape index (κ3) is 3.92. The van der Waals surface area contributed by atoms with Gasteiger partial charge < -0.3 is 9.88 Å². The molecule has 0 saturated heterocycles. The molecule has 0 aliphatic rings. The van der Waals surface area contributed by atoms with Gasteiger partial charge >= 0.3 is 0 Å². The van der Waals surface area contributed by atoms with Crippen molar-refractivity contribution in [3.05, 3.63) is 52.3 Å². The second-order valence-electron chi connectivity index (χ2n) is 5.04. The van der Waals surface area contributed by atoms with Crippen molar-refractivity contribution in [1.29, 1.82) is 0 Å². The van der Waals surface area contributed by atoms with Gasteiger partial charge in [-0.2, -0.15) is 0 Å². The molecule has 1 aromatic carbocycles. The lowest BCUT2D eigenvalue weighted by Crippen LogP contribution is -2.26. The highest BCUT2D eigenvalue weighted by atomic mass is 79.9. The number of hydrogen-bond donors (Lipinski definition) is 1. The quantitative estimate of drug-likeness (QED) is 0.804. The van der Waals surface area contributed by atoms with Crippen LogP contribution in [0.3, 0.4) is 0 Å². The largest absolute Gasteiger partial charge is 0.333 e. The van der Waals surface area contributed by atoms with Crippen molar-refractivity contribution >= 4 is 15.9 Å². The van der Waals surface area contributed by atoms with E-state index in [0.717, 1.165) is 37.3 Å². The van der Waals surface area contributed by atoms with Crippen LogP contribution in [0.5, 0.6) is 0 Å². The Bertz CT molecular complexity index is 583. The number of imidazole rings is 1. The molecule has 0 spiro atoms. The van der Waals surface area contributed by atoms with E-state index in [1.54, 1.807) is 18.3 Å². The van der Waals surface area contributed by atoms with Gasteiger partial charge in [-0.15, -0.1) is 0 Å². The van der Waals surface area contributed by atoms with Crippen LogP contribution in [-0.4, -0.2) is 16.1 Å². The Labute approximate surface area is 133 Å². The molecule has 0 bridgehead atoms. The predicted octanol–water partition coefficient (Wildman–Crippen LogP) is 4.28. The number of aryl methyl sites for hydroxylation is 1. The first-order chi connectivity index (χ1) is 10.2. The summed E-state index contributed by atoms with van der Waals surface area (Å²) in [5.41, 5.74) is 0.896. The molecule has 0 radical (unpaired) electrons. The van der Waals surface area contributed by atoms with E-state index in [9.17, 15) is 4.39 Å². The molecule has 1 heterocycles. The predicted molar refractivity (Wildman–Crippen MR) is 86.8 cm³/mol. The normalized spacial score (nSPS) is 12.6. The van der Waals surface area contributed by atoms with E-state index in [0.29, 0.717) is 4.47 Å². The molecule has 5 heteroatoms. The van der Waals surface area contributed by atoms with E-state index in [4.69, 9.17) is 0 Å². The third-order valence-corrected chi connectivity index (χ3v) is 3.99. The number of hydrogen-bond acceptors (Lipinski definition) is 2. The first kappa shape index (κ1) is 16.2. The standard InChI is InChI=1S/C16H21BrFN3/c1-3-7-19-15(12-5-6-13(17)14(18)11-12)16-20-8-10-21(16)9-4-2/h5-6,8,10-11,15,19H,3-4,7,9H2,1-2H3. The Morgan fingerprint density at radius 1 is 1.33 bits per heavy atom. The van der Waals surface area contributed by atoms with Gasteiger partial charge in [-0.05, 0) is 53.0 Å². The topological polar surface area (TPSA) is 29.9 Å². The van der Waals surface area contributed by atoms with E-state index >= 15 is 0 Å². The van der Waals surface area contributed by atoms with Gasteiger partial charge in [0.25, 0.3) is 0 Å². The third-order valence-electron chi connectivity index (χ3n) is 3.35. The first-order valence-corrected chi connectivity index (χ1v) is 8.16. The van der Waals surface area contributed by atoms with Crippen LogP contribution >= 0.6 is 15.9 Å². The van der Waals surface area contributed by atoms with Crippen LogP contribution in [0.25, 0.3) is 0 Å². The molecule has 21 heavy (non-hydrogen) atoms. The lowest BCUT2D eigenvalue weighted by atomic mass is 10.1. The second kappa shape index (κ2) is 7.71. The zero-order chi connectivity index (χ0) is 15.2. The Kier molecular flexibility index (Phi) is 5.94. The van der Waals surface area contributed by atoms with E-state index in [1.807, 2.05) is 12.3 Å². The van der Waals surface area contributed by atoms with Crippen LogP contribution in [0, 0.1) is 5.82 Å². The zero-order valence-electron chi connectivity index (χ0n) is 12.4. The summed E-state index contributed by atoms with van der Waals surface area (Å²) >= 11 is 3.20.